The molecule has 0 amide bonds. The highest BCUT2D eigenvalue weighted by Gasteiger charge is 2.15. The first kappa shape index (κ1) is 15.1. The van der Waals surface area contributed by atoms with E-state index in [0.717, 1.165) is 19.6 Å². The zero-order valence-corrected chi connectivity index (χ0v) is 13.9. The molecule has 0 unspecified atom stereocenters. The van der Waals surface area contributed by atoms with E-state index in [-0.39, 0.29) is 0 Å². The first-order valence-corrected chi connectivity index (χ1v) is 9.13. The fourth-order valence-corrected chi connectivity index (χ4v) is 4.09. The number of nitrogens with zero attached hydrogens (tertiary/aromatic N) is 2. The molecule has 0 saturated carbocycles. The van der Waals surface area contributed by atoms with Gasteiger partial charge >= 0.3 is 0 Å². The Kier molecular flexibility index (Phi) is 5.98. The summed E-state index contributed by atoms with van der Waals surface area (Å²) in [5.74, 6) is 3.23. The summed E-state index contributed by atoms with van der Waals surface area (Å²) in [4.78, 5) is 8.63. The van der Waals surface area contributed by atoms with Crippen LogP contribution in [0, 0.1) is 12.8 Å². The van der Waals surface area contributed by atoms with Gasteiger partial charge in [-0.05, 0) is 31.6 Å². The maximum Gasteiger partial charge on any atom is 0.185 e. The summed E-state index contributed by atoms with van der Waals surface area (Å²) < 4.78 is 0. The van der Waals surface area contributed by atoms with Gasteiger partial charge in [-0.15, -0.1) is 11.3 Å². The first-order chi connectivity index (χ1) is 9.16. The molecule has 0 spiro atoms. The van der Waals surface area contributed by atoms with Crippen LogP contribution in [0.3, 0.4) is 0 Å². The Morgan fingerprint density at radius 3 is 2.95 bits per heavy atom. The van der Waals surface area contributed by atoms with E-state index in [1.807, 2.05) is 11.3 Å². The van der Waals surface area contributed by atoms with Gasteiger partial charge in [-0.3, -0.25) is 0 Å². The average molecular weight is 300 g/mol. The first-order valence-electron chi connectivity index (χ1n) is 7.16. The van der Waals surface area contributed by atoms with Crippen molar-refractivity contribution in [3.8, 4) is 0 Å². The van der Waals surface area contributed by atoms with Crippen LogP contribution in [0.5, 0.6) is 0 Å². The fourth-order valence-electron chi connectivity index (χ4n) is 2.12. The normalized spacial score (nSPS) is 16.9. The Morgan fingerprint density at radius 1 is 1.32 bits per heavy atom. The molecule has 1 aromatic heterocycles. The van der Waals surface area contributed by atoms with Crippen molar-refractivity contribution < 1.29 is 0 Å². The van der Waals surface area contributed by atoms with Gasteiger partial charge < -0.3 is 10.2 Å². The SMILES string of the molecule is Cc1nc(N2CCCSCC2)sc1CNCC(C)C. The topological polar surface area (TPSA) is 28.2 Å². The van der Waals surface area contributed by atoms with E-state index in [1.165, 1.54) is 40.2 Å². The summed E-state index contributed by atoms with van der Waals surface area (Å²) in [5, 5.41) is 4.74. The van der Waals surface area contributed by atoms with Gasteiger partial charge in [0.25, 0.3) is 0 Å². The maximum atomic E-state index is 4.77. The van der Waals surface area contributed by atoms with Gasteiger partial charge in [0.1, 0.15) is 0 Å². The van der Waals surface area contributed by atoms with Gasteiger partial charge in [0.2, 0.25) is 0 Å². The quantitative estimate of drug-likeness (QED) is 0.904. The molecule has 0 aromatic carbocycles. The smallest absolute Gasteiger partial charge is 0.185 e. The molecule has 1 aliphatic rings. The molecule has 3 nitrogen and oxygen atoms in total. The summed E-state index contributed by atoms with van der Waals surface area (Å²) in [5.41, 5.74) is 1.20. The lowest BCUT2D eigenvalue weighted by Gasteiger charge is -2.18. The van der Waals surface area contributed by atoms with Crippen LogP contribution in [0.15, 0.2) is 0 Å². The lowest BCUT2D eigenvalue weighted by molar-refractivity contribution is 0.554. The largest absolute Gasteiger partial charge is 0.347 e. The molecular formula is C14H25N3S2. The van der Waals surface area contributed by atoms with Crippen LogP contribution in [0.25, 0.3) is 0 Å². The third kappa shape index (κ3) is 4.65. The number of hydrogen-bond donors (Lipinski definition) is 1. The van der Waals surface area contributed by atoms with Crippen molar-refractivity contribution in [2.75, 3.05) is 36.0 Å². The summed E-state index contributed by atoms with van der Waals surface area (Å²) in [6.07, 6.45) is 1.28. The predicted octanol–water partition coefficient (Wildman–Crippen LogP) is 3.14. The van der Waals surface area contributed by atoms with E-state index in [9.17, 15) is 0 Å². The lowest BCUT2D eigenvalue weighted by atomic mass is 10.2. The van der Waals surface area contributed by atoms with Gasteiger partial charge in [-0.1, -0.05) is 13.8 Å². The van der Waals surface area contributed by atoms with Crippen LogP contribution < -0.4 is 10.2 Å². The molecule has 2 rings (SSSR count). The zero-order valence-electron chi connectivity index (χ0n) is 12.2. The Hall–Kier alpha value is -0.260. The minimum atomic E-state index is 0.704. The summed E-state index contributed by atoms with van der Waals surface area (Å²) in [7, 11) is 0. The molecule has 1 saturated heterocycles. The molecule has 5 heteroatoms. The fraction of sp³-hybridized carbons (Fsp3) is 0.786. The van der Waals surface area contributed by atoms with Crippen molar-refractivity contribution in [1.82, 2.24) is 10.3 Å². The molecule has 19 heavy (non-hydrogen) atoms. The molecule has 0 aliphatic carbocycles. The second-order valence-corrected chi connectivity index (χ2v) is 7.77. The number of hydrogen-bond acceptors (Lipinski definition) is 5. The molecule has 1 aromatic rings. The molecule has 1 N–H and O–H groups in total. The molecule has 2 heterocycles. The summed E-state index contributed by atoms with van der Waals surface area (Å²) in [6, 6.07) is 0. The van der Waals surface area contributed by atoms with Crippen LogP contribution in [0.1, 0.15) is 30.8 Å². The van der Waals surface area contributed by atoms with Crippen molar-refractivity contribution in [3.05, 3.63) is 10.6 Å². The van der Waals surface area contributed by atoms with E-state index in [2.05, 4.69) is 42.7 Å². The van der Waals surface area contributed by atoms with Gasteiger partial charge in [-0.2, -0.15) is 11.8 Å². The van der Waals surface area contributed by atoms with Gasteiger partial charge in [0.05, 0.1) is 5.69 Å². The Morgan fingerprint density at radius 2 is 2.16 bits per heavy atom. The standard InChI is InChI=1S/C14H25N3S2/c1-11(2)9-15-10-13-12(3)16-14(19-13)17-5-4-7-18-8-6-17/h11,15H,4-10H2,1-3H3. The van der Waals surface area contributed by atoms with Crippen molar-refractivity contribution >= 4 is 28.2 Å². The number of aromatic nitrogens is 1. The highest BCUT2D eigenvalue weighted by molar-refractivity contribution is 7.99. The maximum absolute atomic E-state index is 4.77. The highest BCUT2D eigenvalue weighted by Crippen LogP contribution is 2.27. The van der Waals surface area contributed by atoms with Crippen LogP contribution >= 0.6 is 23.1 Å². The predicted molar refractivity (Wildman–Crippen MR) is 87.6 cm³/mol. The van der Waals surface area contributed by atoms with Crippen LogP contribution in [0.2, 0.25) is 0 Å². The number of aryl methyl sites for hydroxylation is 1. The van der Waals surface area contributed by atoms with Crippen LogP contribution in [0.4, 0.5) is 5.13 Å². The van der Waals surface area contributed by atoms with E-state index in [4.69, 9.17) is 4.98 Å². The van der Waals surface area contributed by atoms with Crippen molar-refractivity contribution in [1.29, 1.82) is 0 Å². The van der Waals surface area contributed by atoms with E-state index >= 15 is 0 Å². The minimum Gasteiger partial charge on any atom is -0.347 e. The molecule has 1 fully saturated rings. The molecule has 108 valence electrons. The number of thiazole rings is 1. The van der Waals surface area contributed by atoms with Crippen molar-refractivity contribution in [2.24, 2.45) is 5.92 Å². The third-order valence-corrected chi connectivity index (χ3v) is 5.48. The number of rotatable bonds is 5. The minimum absolute atomic E-state index is 0.704. The third-order valence-electron chi connectivity index (χ3n) is 3.21. The number of thioether (sulfide) groups is 1. The average Bonchev–Trinajstić information content (AvgIpc) is 2.60. The Balaban J connectivity index is 1.94. The number of anilines is 1. The summed E-state index contributed by atoms with van der Waals surface area (Å²) in [6.45, 7) is 11.0. The van der Waals surface area contributed by atoms with E-state index < -0.39 is 0 Å². The van der Waals surface area contributed by atoms with Crippen molar-refractivity contribution in [3.63, 3.8) is 0 Å². The second-order valence-electron chi connectivity index (χ2n) is 5.48. The van der Waals surface area contributed by atoms with Gasteiger partial charge in [-0.25, -0.2) is 4.98 Å². The van der Waals surface area contributed by atoms with Crippen LogP contribution in [-0.4, -0.2) is 36.1 Å². The molecular weight excluding hydrogens is 274 g/mol. The zero-order chi connectivity index (χ0) is 13.7. The monoisotopic (exact) mass is 299 g/mol. The molecule has 0 atom stereocenters. The van der Waals surface area contributed by atoms with Crippen LogP contribution in [-0.2, 0) is 6.54 Å². The summed E-state index contributed by atoms with van der Waals surface area (Å²) >= 11 is 3.94. The molecule has 0 bridgehead atoms. The molecule has 1 aliphatic heterocycles. The van der Waals surface area contributed by atoms with E-state index in [1.54, 1.807) is 0 Å². The van der Waals surface area contributed by atoms with Gasteiger partial charge in [0, 0.05) is 30.3 Å². The van der Waals surface area contributed by atoms with Crippen molar-refractivity contribution in [2.45, 2.75) is 33.7 Å². The Bertz CT molecular complexity index is 382. The van der Waals surface area contributed by atoms with E-state index in [0.29, 0.717) is 5.92 Å². The Labute approximate surface area is 125 Å². The second kappa shape index (κ2) is 7.50. The highest BCUT2D eigenvalue weighted by atomic mass is 32.2. The molecule has 0 radical (unpaired) electrons. The lowest BCUT2D eigenvalue weighted by Crippen LogP contribution is -2.25. The van der Waals surface area contributed by atoms with Gasteiger partial charge in [0.15, 0.2) is 5.13 Å². The number of nitrogens with one attached hydrogen (secondary N) is 1.